The average Bonchev–Trinajstić information content (AvgIpc) is 2.63. The number of aromatic nitrogens is 1. The zero-order valence-corrected chi connectivity index (χ0v) is 8.47. The van der Waals surface area contributed by atoms with E-state index in [1.54, 1.807) is 6.20 Å². The van der Waals surface area contributed by atoms with Crippen molar-refractivity contribution >= 4 is 11.5 Å². The minimum absolute atomic E-state index is 0.123. The summed E-state index contributed by atoms with van der Waals surface area (Å²) in [6, 6.07) is 0.123. The molecular weight excluding hydrogens is 184 g/mol. The Hall–Kier alpha value is -0.450. The van der Waals surface area contributed by atoms with Gasteiger partial charge in [-0.15, -0.1) is 0 Å². The van der Waals surface area contributed by atoms with Gasteiger partial charge in [-0.3, -0.25) is 0 Å². The Bertz CT molecular complexity index is 275. The fraction of sp³-hybridized carbons (Fsp3) is 0.667. The second kappa shape index (κ2) is 3.36. The molecule has 13 heavy (non-hydrogen) atoms. The van der Waals surface area contributed by atoms with Crippen LogP contribution in [-0.2, 0) is 5.60 Å². The molecule has 1 aliphatic heterocycles. The molecule has 2 unspecified atom stereocenters. The Morgan fingerprint density at radius 3 is 3.23 bits per heavy atom. The Kier molecular flexibility index (Phi) is 2.36. The maximum absolute atomic E-state index is 10.4. The third kappa shape index (κ3) is 1.49. The molecule has 3 nitrogen and oxygen atoms in total. The average molecular weight is 198 g/mol. The summed E-state index contributed by atoms with van der Waals surface area (Å²) in [6.07, 6.45) is 3.63. The van der Waals surface area contributed by atoms with E-state index in [0.717, 1.165) is 24.9 Å². The topological polar surface area (TPSA) is 45.1 Å². The van der Waals surface area contributed by atoms with E-state index in [-0.39, 0.29) is 6.04 Å². The van der Waals surface area contributed by atoms with Crippen LogP contribution in [0.25, 0.3) is 0 Å². The lowest BCUT2D eigenvalue weighted by Crippen LogP contribution is -2.50. The van der Waals surface area contributed by atoms with Crippen molar-refractivity contribution in [3.8, 4) is 0 Å². The highest BCUT2D eigenvalue weighted by molar-refractivity contribution is 7.03. The lowest BCUT2D eigenvalue weighted by atomic mass is 9.82. The summed E-state index contributed by atoms with van der Waals surface area (Å²) in [5.74, 6) is 0. The number of hydrogen-bond acceptors (Lipinski definition) is 4. The van der Waals surface area contributed by atoms with E-state index in [1.807, 2.05) is 12.3 Å². The van der Waals surface area contributed by atoms with Gasteiger partial charge in [-0.1, -0.05) is 0 Å². The van der Waals surface area contributed by atoms with Gasteiger partial charge in [0.05, 0.1) is 0 Å². The normalized spacial score (nSPS) is 34.8. The molecule has 0 aromatic carbocycles. The van der Waals surface area contributed by atoms with Crippen molar-refractivity contribution in [1.82, 2.24) is 9.69 Å². The van der Waals surface area contributed by atoms with Crippen LogP contribution < -0.4 is 5.32 Å². The summed E-state index contributed by atoms with van der Waals surface area (Å²) in [5, 5.41) is 15.6. The van der Waals surface area contributed by atoms with E-state index in [2.05, 4.69) is 9.69 Å². The number of piperidine rings is 1. The molecule has 2 heterocycles. The van der Waals surface area contributed by atoms with Crippen molar-refractivity contribution in [1.29, 1.82) is 0 Å². The Balaban J connectivity index is 2.27. The highest BCUT2D eigenvalue weighted by atomic mass is 32.1. The highest BCUT2D eigenvalue weighted by Gasteiger charge is 2.38. The van der Waals surface area contributed by atoms with E-state index >= 15 is 0 Å². The molecular formula is C9H14N2OS. The van der Waals surface area contributed by atoms with Crippen LogP contribution in [0.4, 0.5) is 0 Å². The lowest BCUT2D eigenvalue weighted by molar-refractivity contribution is -0.0224. The minimum atomic E-state index is -0.703. The minimum Gasteiger partial charge on any atom is -0.383 e. The molecule has 2 N–H and O–H groups in total. The number of nitrogens with one attached hydrogen (secondary N) is 1. The SMILES string of the molecule is CC1NCCCC1(O)c1cnsc1. The van der Waals surface area contributed by atoms with Gasteiger partial charge in [-0.05, 0) is 37.8 Å². The highest BCUT2D eigenvalue weighted by Crippen LogP contribution is 2.32. The van der Waals surface area contributed by atoms with Crippen molar-refractivity contribution in [2.24, 2.45) is 0 Å². The Morgan fingerprint density at radius 1 is 1.77 bits per heavy atom. The van der Waals surface area contributed by atoms with Crippen LogP contribution in [0, 0.1) is 0 Å². The summed E-state index contributed by atoms with van der Waals surface area (Å²) < 4.78 is 4.03. The van der Waals surface area contributed by atoms with E-state index in [1.165, 1.54) is 11.5 Å². The van der Waals surface area contributed by atoms with Gasteiger partial charge < -0.3 is 10.4 Å². The van der Waals surface area contributed by atoms with Crippen LogP contribution in [0.5, 0.6) is 0 Å². The molecule has 1 aromatic rings. The predicted octanol–water partition coefficient (Wildman–Crippen LogP) is 1.10. The Labute approximate surface area is 82.0 Å². The van der Waals surface area contributed by atoms with Crippen LogP contribution in [0.15, 0.2) is 11.6 Å². The van der Waals surface area contributed by atoms with E-state index in [0.29, 0.717) is 0 Å². The number of hydrogen-bond donors (Lipinski definition) is 2. The molecule has 0 aliphatic carbocycles. The van der Waals surface area contributed by atoms with Gasteiger partial charge in [-0.25, -0.2) is 4.37 Å². The number of rotatable bonds is 1. The Morgan fingerprint density at radius 2 is 2.62 bits per heavy atom. The van der Waals surface area contributed by atoms with Crippen molar-refractivity contribution < 1.29 is 5.11 Å². The fourth-order valence-corrected chi connectivity index (χ4v) is 2.49. The molecule has 0 radical (unpaired) electrons. The van der Waals surface area contributed by atoms with Gasteiger partial charge in [0, 0.05) is 23.2 Å². The number of aliphatic hydroxyl groups is 1. The van der Waals surface area contributed by atoms with E-state index < -0.39 is 5.60 Å². The predicted molar refractivity (Wildman–Crippen MR) is 52.7 cm³/mol. The molecule has 1 aliphatic rings. The zero-order valence-electron chi connectivity index (χ0n) is 7.66. The molecule has 0 bridgehead atoms. The summed E-state index contributed by atoms with van der Waals surface area (Å²) in [7, 11) is 0. The number of nitrogens with zero attached hydrogens (tertiary/aromatic N) is 1. The first kappa shape index (κ1) is 9.12. The van der Waals surface area contributed by atoms with Gasteiger partial charge in [0.1, 0.15) is 5.60 Å². The van der Waals surface area contributed by atoms with Crippen molar-refractivity contribution in [2.75, 3.05) is 6.54 Å². The standard InChI is InChI=1S/C9H14N2OS/c1-7-9(12,3-2-4-10-7)8-5-11-13-6-8/h5-7,10,12H,2-4H2,1H3. The molecule has 0 spiro atoms. The summed E-state index contributed by atoms with van der Waals surface area (Å²) in [6.45, 7) is 3.03. The molecule has 0 saturated carbocycles. The van der Waals surface area contributed by atoms with Gasteiger partial charge in [0.2, 0.25) is 0 Å². The first-order valence-electron chi connectivity index (χ1n) is 4.59. The molecule has 72 valence electrons. The van der Waals surface area contributed by atoms with Crippen LogP contribution in [0.2, 0.25) is 0 Å². The van der Waals surface area contributed by atoms with Gasteiger partial charge in [0.25, 0.3) is 0 Å². The second-order valence-corrected chi connectivity index (χ2v) is 4.27. The molecule has 2 rings (SSSR count). The maximum atomic E-state index is 10.4. The fourth-order valence-electron chi connectivity index (χ4n) is 1.87. The van der Waals surface area contributed by atoms with E-state index in [9.17, 15) is 5.11 Å². The lowest BCUT2D eigenvalue weighted by Gasteiger charge is -2.38. The molecule has 1 saturated heterocycles. The molecule has 0 amide bonds. The first-order valence-corrected chi connectivity index (χ1v) is 5.43. The van der Waals surface area contributed by atoms with Crippen LogP contribution in [-0.4, -0.2) is 22.1 Å². The van der Waals surface area contributed by atoms with Crippen molar-refractivity contribution in [3.63, 3.8) is 0 Å². The zero-order chi connectivity index (χ0) is 9.31. The van der Waals surface area contributed by atoms with Gasteiger partial charge >= 0.3 is 0 Å². The maximum Gasteiger partial charge on any atom is 0.107 e. The summed E-state index contributed by atoms with van der Waals surface area (Å²) in [5.41, 5.74) is 0.253. The molecule has 1 aromatic heterocycles. The summed E-state index contributed by atoms with van der Waals surface area (Å²) in [4.78, 5) is 0. The molecule has 1 fully saturated rings. The quantitative estimate of drug-likeness (QED) is 0.710. The third-order valence-corrected chi connectivity index (χ3v) is 3.42. The smallest absolute Gasteiger partial charge is 0.107 e. The van der Waals surface area contributed by atoms with Gasteiger partial charge in [0.15, 0.2) is 0 Å². The van der Waals surface area contributed by atoms with E-state index in [4.69, 9.17) is 0 Å². The van der Waals surface area contributed by atoms with Crippen LogP contribution in [0.1, 0.15) is 25.3 Å². The third-order valence-electron chi connectivity index (χ3n) is 2.83. The summed E-state index contributed by atoms with van der Waals surface area (Å²) >= 11 is 1.40. The second-order valence-electron chi connectivity index (χ2n) is 3.62. The molecule has 4 heteroatoms. The molecule has 2 atom stereocenters. The van der Waals surface area contributed by atoms with Crippen LogP contribution >= 0.6 is 11.5 Å². The first-order chi connectivity index (χ1) is 6.23. The monoisotopic (exact) mass is 198 g/mol. The van der Waals surface area contributed by atoms with Crippen molar-refractivity contribution in [2.45, 2.75) is 31.4 Å². The largest absolute Gasteiger partial charge is 0.383 e. The van der Waals surface area contributed by atoms with Crippen LogP contribution in [0.3, 0.4) is 0 Å². The van der Waals surface area contributed by atoms with Gasteiger partial charge in [-0.2, -0.15) is 0 Å². The van der Waals surface area contributed by atoms with Crippen molar-refractivity contribution in [3.05, 3.63) is 17.1 Å².